The number of nitrogens with zero attached hydrogens (tertiary/aromatic N) is 1. The SMILES string of the molecule is O=C(O)C1CCC(C(=O)N2CCCc3ccccc3C2)O1. The van der Waals surface area contributed by atoms with E-state index in [1.54, 1.807) is 4.90 Å². The monoisotopic (exact) mass is 289 g/mol. The van der Waals surface area contributed by atoms with Gasteiger partial charge in [0.15, 0.2) is 6.10 Å². The number of rotatable bonds is 2. The van der Waals surface area contributed by atoms with Gasteiger partial charge in [-0.15, -0.1) is 0 Å². The van der Waals surface area contributed by atoms with Crippen molar-refractivity contribution in [1.29, 1.82) is 0 Å². The van der Waals surface area contributed by atoms with Crippen molar-refractivity contribution in [3.05, 3.63) is 35.4 Å². The number of carboxylic acids is 1. The molecule has 0 spiro atoms. The maximum Gasteiger partial charge on any atom is 0.332 e. The van der Waals surface area contributed by atoms with E-state index in [1.165, 1.54) is 11.1 Å². The maximum absolute atomic E-state index is 12.5. The molecule has 1 aromatic rings. The van der Waals surface area contributed by atoms with Gasteiger partial charge in [-0.1, -0.05) is 24.3 Å². The van der Waals surface area contributed by atoms with Crippen molar-refractivity contribution < 1.29 is 19.4 Å². The van der Waals surface area contributed by atoms with Crippen molar-refractivity contribution in [3.8, 4) is 0 Å². The van der Waals surface area contributed by atoms with E-state index in [2.05, 4.69) is 12.1 Å². The topological polar surface area (TPSA) is 66.8 Å². The van der Waals surface area contributed by atoms with Gasteiger partial charge in [0, 0.05) is 13.1 Å². The van der Waals surface area contributed by atoms with Crippen LogP contribution in [0.2, 0.25) is 0 Å². The Morgan fingerprint density at radius 3 is 2.57 bits per heavy atom. The lowest BCUT2D eigenvalue weighted by Gasteiger charge is -2.24. The lowest BCUT2D eigenvalue weighted by atomic mass is 10.0. The fraction of sp³-hybridized carbons (Fsp3) is 0.500. The molecule has 2 aliphatic heterocycles. The average Bonchev–Trinajstić information content (AvgIpc) is 2.87. The molecule has 1 saturated heterocycles. The first-order chi connectivity index (χ1) is 10.1. The number of amides is 1. The van der Waals surface area contributed by atoms with Gasteiger partial charge in [-0.2, -0.15) is 0 Å². The molecular weight excluding hydrogens is 270 g/mol. The molecule has 0 bridgehead atoms. The minimum atomic E-state index is -0.980. The van der Waals surface area contributed by atoms with E-state index in [4.69, 9.17) is 9.84 Å². The van der Waals surface area contributed by atoms with Gasteiger partial charge in [0.05, 0.1) is 0 Å². The number of hydrogen-bond acceptors (Lipinski definition) is 3. The van der Waals surface area contributed by atoms with Gasteiger partial charge in [0.25, 0.3) is 5.91 Å². The summed E-state index contributed by atoms with van der Waals surface area (Å²) in [4.78, 5) is 25.3. The number of aryl methyl sites for hydroxylation is 1. The molecule has 1 aromatic carbocycles. The fourth-order valence-corrected chi connectivity index (χ4v) is 3.09. The third-order valence-electron chi connectivity index (χ3n) is 4.24. The first kappa shape index (κ1) is 14.1. The minimum Gasteiger partial charge on any atom is -0.479 e. The number of aliphatic carboxylic acids is 1. The second kappa shape index (κ2) is 5.85. The quantitative estimate of drug-likeness (QED) is 0.898. The molecule has 1 amide bonds. The number of benzene rings is 1. The number of fused-ring (bicyclic) bond motifs is 1. The second-order valence-corrected chi connectivity index (χ2v) is 5.66. The Balaban J connectivity index is 1.70. The van der Waals surface area contributed by atoms with Crippen molar-refractivity contribution in [2.75, 3.05) is 6.54 Å². The summed E-state index contributed by atoms with van der Waals surface area (Å²) in [6.45, 7) is 1.29. The lowest BCUT2D eigenvalue weighted by Crippen LogP contribution is -2.39. The molecule has 2 aliphatic rings. The molecule has 2 unspecified atom stereocenters. The van der Waals surface area contributed by atoms with E-state index < -0.39 is 18.2 Å². The molecule has 0 aliphatic carbocycles. The van der Waals surface area contributed by atoms with Gasteiger partial charge in [-0.25, -0.2) is 4.79 Å². The summed E-state index contributed by atoms with van der Waals surface area (Å²) in [7, 11) is 0. The molecule has 0 aromatic heterocycles. The summed E-state index contributed by atoms with van der Waals surface area (Å²) in [5.74, 6) is -1.05. The van der Waals surface area contributed by atoms with Gasteiger partial charge in [-0.05, 0) is 36.8 Å². The first-order valence-electron chi connectivity index (χ1n) is 7.39. The zero-order valence-electron chi connectivity index (χ0n) is 11.8. The van der Waals surface area contributed by atoms with Gasteiger partial charge < -0.3 is 14.7 Å². The highest BCUT2D eigenvalue weighted by molar-refractivity contribution is 5.82. The van der Waals surface area contributed by atoms with Crippen LogP contribution in [-0.2, 0) is 27.3 Å². The van der Waals surface area contributed by atoms with Crippen LogP contribution in [0.25, 0.3) is 0 Å². The predicted octanol–water partition coefficient (Wildman–Crippen LogP) is 1.59. The van der Waals surface area contributed by atoms with Crippen LogP contribution in [0.1, 0.15) is 30.4 Å². The molecule has 5 heteroatoms. The number of hydrogen-bond donors (Lipinski definition) is 1. The van der Waals surface area contributed by atoms with Crippen LogP contribution in [0.4, 0.5) is 0 Å². The van der Waals surface area contributed by atoms with Crippen LogP contribution >= 0.6 is 0 Å². The highest BCUT2D eigenvalue weighted by Gasteiger charge is 2.37. The van der Waals surface area contributed by atoms with Gasteiger partial charge >= 0.3 is 5.97 Å². The van der Waals surface area contributed by atoms with E-state index in [1.807, 2.05) is 12.1 Å². The molecule has 2 heterocycles. The Morgan fingerprint density at radius 2 is 1.86 bits per heavy atom. The highest BCUT2D eigenvalue weighted by atomic mass is 16.5. The molecule has 0 radical (unpaired) electrons. The number of carbonyl (C=O) groups excluding carboxylic acids is 1. The van der Waals surface area contributed by atoms with Gasteiger partial charge in [-0.3, -0.25) is 4.79 Å². The summed E-state index contributed by atoms with van der Waals surface area (Å²) >= 11 is 0. The van der Waals surface area contributed by atoms with Crippen molar-refractivity contribution in [2.45, 2.75) is 44.4 Å². The molecule has 1 N–H and O–H groups in total. The van der Waals surface area contributed by atoms with E-state index >= 15 is 0 Å². The molecule has 5 nitrogen and oxygen atoms in total. The van der Waals surface area contributed by atoms with Crippen molar-refractivity contribution in [3.63, 3.8) is 0 Å². The molecule has 0 saturated carbocycles. The Morgan fingerprint density at radius 1 is 1.14 bits per heavy atom. The molecule has 2 atom stereocenters. The summed E-state index contributed by atoms with van der Waals surface area (Å²) in [6, 6.07) is 8.17. The second-order valence-electron chi connectivity index (χ2n) is 5.66. The number of ether oxygens (including phenoxy) is 1. The molecule has 1 fully saturated rings. The van der Waals surface area contributed by atoms with Crippen LogP contribution in [0, 0.1) is 0 Å². The lowest BCUT2D eigenvalue weighted by molar-refractivity contribution is -0.155. The number of carboxylic acid groups (broad SMARTS) is 1. The van der Waals surface area contributed by atoms with Crippen molar-refractivity contribution in [1.82, 2.24) is 4.90 Å². The van der Waals surface area contributed by atoms with Crippen molar-refractivity contribution >= 4 is 11.9 Å². The average molecular weight is 289 g/mol. The van der Waals surface area contributed by atoms with E-state index in [0.29, 0.717) is 25.9 Å². The number of carbonyl (C=O) groups is 2. The van der Waals surface area contributed by atoms with E-state index in [9.17, 15) is 9.59 Å². The third kappa shape index (κ3) is 2.93. The summed E-state index contributed by atoms with van der Waals surface area (Å²) in [6.07, 6.45) is 1.38. The Bertz CT molecular complexity index is 557. The normalized spacial score (nSPS) is 25.2. The van der Waals surface area contributed by atoms with Crippen LogP contribution < -0.4 is 0 Å². The first-order valence-corrected chi connectivity index (χ1v) is 7.39. The molecular formula is C16H19NO4. The van der Waals surface area contributed by atoms with Crippen LogP contribution in [0.15, 0.2) is 24.3 Å². The van der Waals surface area contributed by atoms with Gasteiger partial charge in [0.1, 0.15) is 6.10 Å². The van der Waals surface area contributed by atoms with Crippen LogP contribution in [0.3, 0.4) is 0 Å². The molecule has 21 heavy (non-hydrogen) atoms. The summed E-state index contributed by atoms with van der Waals surface area (Å²) in [5, 5.41) is 8.95. The zero-order valence-corrected chi connectivity index (χ0v) is 11.8. The Kier molecular flexibility index (Phi) is 3.92. The van der Waals surface area contributed by atoms with Gasteiger partial charge in [0.2, 0.25) is 0 Å². The van der Waals surface area contributed by atoms with Crippen LogP contribution in [-0.4, -0.2) is 40.6 Å². The largest absolute Gasteiger partial charge is 0.479 e. The van der Waals surface area contributed by atoms with Crippen LogP contribution in [0.5, 0.6) is 0 Å². The summed E-state index contributed by atoms with van der Waals surface area (Å²) < 4.78 is 5.38. The molecule has 3 rings (SSSR count). The smallest absolute Gasteiger partial charge is 0.332 e. The van der Waals surface area contributed by atoms with E-state index in [0.717, 1.165) is 12.8 Å². The summed E-state index contributed by atoms with van der Waals surface area (Å²) in [5.41, 5.74) is 2.47. The maximum atomic E-state index is 12.5. The zero-order chi connectivity index (χ0) is 14.8. The Hall–Kier alpha value is -1.88. The van der Waals surface area contributed by atoms with Crippen molar-refractivity contribution in [2.24, 2.45) is 0 Å². The minimum absolute atomic E-state index is 0.0737. The van der Waals surface area contributed by atoms with E-state index in [-0.39, 0.29) is 5.91 Å². The predicted molar refractivity (Wildman–Crippen MR) is 75.7 cm³/mol. The fourth-order valence-electron chi connectivity index (χ4n) is 3.09. The Labute approximate surface area is 123 Å². The molecule has 112 valence electrons. The standard InChI is InChI=1S/C16H19NO4/c18-15(13-7-8-14(21-13)16(19)20)17-9-3-6-11-4-1-2-5-12(11)10-17/h1-2,4-5,13-14H,3,6-10H2,(H,19,20). The highest BCUT2D eigenvalue weighted by Crippen LogP contribution is 2.24. The third-order valence-corrected chi connectivity index (χ3v) is 4.24.